The molecule has 130 valence electrons. The molecule has 0 saturated carbocycles. The molecule has 1 aromatic carbocycles. The quantitative estimate of drug-likeness (QED) is 0.654. The SMILES string of the molecule is CN=C(NCC1Cc2ccccc21)N1CCC(CC(=O)NC)CC1. The zero-order chi connectivity index (χ0) is 16.9. The van der Waals surface area contributed by atoms with Gasteiger partial charge in [0, 0.05) is 46.1 Å². The maximum Gasteiger partial charge on any atom is 0.220 e. The van der Waals surface area contributed by atoms with Crippen LogP contribution >= 0.6 is 0 Å². The number of hydrogen-bond acceptors (Lipinski definition) is 2. The molecule has 1 aliphatic carbocycles. The minimum absolute atomic E-state index is 0.152. The predicted molar refractivity (Wildman–Crippen MR) is 97.2 cm³/mol. The van der Waals surface area contributed by atoms with E-state index in [2.05, 4.69) is 44.8 Å². The number of nitrogens with one attached hydrogen (secondary N) is 2. The van der Waals surface area contributed by atoms with Crippen LogP contribution in [0.5, 0.6) is 0 Å². The maximum absolute atomic E-state index is 11.5. The second-order valence-corrected chi connectivity index (χ2v) is 6.84. The highest BCUT2D eigenvalue weighted by Crippen LogP contribution is 2.34. The largest absolute Gasteiger partial charge is 0.359 e. The van der Waals surface area contributed by atoms with E-state index in [1.54, 1.807) is 7.05 Å². The van der Waals surface area contributed by atoms with Crippen molar-refractivity contribution < 1.29 is 4.79 Å². The third-order valence-electron chi connectivity index (χ3n) is 5.35. The molecule has 1 unspecified atom stereocenters. The Kier molecular flexibility index (Phi) is 5.38. The highest BCUT2D eigenvalue weighted by molar-refractivity contribution is 5.80. The molecule has 0 spiro atoms. The summed E-state index contributed by atoms with van der Waals surface area (Å²) in [5.74, 6) is 2.25. The van der Waals surface area contributed by atoms with Gasteiger partial charge in [-0.1, -0.05) is 24.3 Å². The van der Waals surface area contributed by atoms with Gasteiger partial charge < -0.3 is 15.5 Å². The Labute approximate surface area is 144 Å². The van der Waals surface area contributed by atoms with Crippen LogP contribution in [0.4, 0.5) is 0 Å². The van der Waals surface area contributed by atoms with Crippen molar-refractivity contribution in [2.75, 3.05) is 33.7 Å². The number of rotatable bonds is 4. The fraction of sp³-hybridized carbons (Fsp3) is 0.579. The number of carbonyl (C=O) groups excluding carboxylic acids is 1. The van der Waals surface area contributed by atoms with Gasteiger partial charge in [-0.15, -0.1) is 0 Å². The lowest BCUT2D eigenvalue weighted by molar-refractivity contribution is -0.121. The van der Waals surface area contributed by atoms with Gasteiger partial charge in [0.25, 0.3) is 0 Å². The number of carbonyl (C=O) groups is 1. The van der Waals surface area contributed by atoms with Crippen LogP contribution in [0.25, 0.3) is 0 Å². The molecule has 5 nitrogen and oxygen atoms in total. The molecule has 1 fully saturated rings. The predicted octanol–water partition coefficient (Wildman–Crippen LogP) is 1.75. The lowest BCUT2D eigenvalue weighted by atomic mass is 9.78. The Morgan fingerprint density at radius 2 is 2.04 bits per heavy atom. The second-order valence-electron chi connectivity index (χ2n) is 6.84. The lowest BCUT2D eigenvalue weighted by Crippen LogP contribution is -2.47. The first-order valence-corrected chi connectivity index (χ1v) is 8.95. The molecule has 0 bridgehead atoms. The van der Waals surface area contributed by atoms with E-state index in [0.717, 1.165) is 44.9 Å². The summed E-state index contributed by atoms with van der Waals surface area (Å²) >= 11 is 0. The summed E-state index contributed by atoms with van der Waals surface area (Å²) in [6.07, 6.45) is 3.92. The van der Waals surface area contributed by atoms with Crippen molar-refractivity contribution >= 4 is 11.9 Å². The summed E-state index contributed by atoms with van der Waals surface area (Å²) in [6, 6.07) is 8.69. The fourth-order valence-corrected chi connectivity index (χ4v) is 3.80. The van der Waals surface area contributed by atoms with E-state index >= 15 is 0 Å². The first-order chi connectivity index (χ1) is 11.7. The Hall–Kier alpha value is -2.04. The summed E-state index contributed by atoms with van der Waals surface area (Å²) in [6.45, 7) is 2.90. The molecule has 3 rings (SSSR count). The van der Waals surface area contributed by atoms with E-state index in [1.807, 2.05) is 7.05 Å². The van der Waals surface area contributed by atoms with Gasteiger partial charge in [-0.2, -0.15) is 0 Å². The Morgan fingerprint density at radius 3 is 2.71 bits per heavy atom. The number of fused-ring (bicyclic) bond motifs is 1. The standard InChI is InChI=1S/C19H28N4O/c1-20-18(24)11-14-7-9-23(10-8-14)19(21-2)22-13-16-12-15-5-3-4-6-17(15)16/h3-6,14,16H,7-13H2,1-2H3,(H,20,24)(H,21,22). The third-order valence-corrected chi connectivity index (χ3v) is 5.35. The van der Waals surface area contributed by atoms with Crippen molar-refractivity contribution in [1.82, 2.24) is 15.5 Å². The number of likely N-dealkylation sites (tertiary alicyclic amines) is 1. The number of hydrogen-bond donors (Lipinski definition) is 2. The smallest absolute Gasteiger partial charge is 0.220 e. The van der Waals surface area contributed by atoms with Crippen LogP contribution in [-0.2, 0) is 11.2 Å². The summed E-state index contributed by atoms with van der Waals surface area (Å²) in [4.78, 5) is 18.3. The molecular formula is C19H28N4O. The van der Waals surface area contributed by atoms with E-state index in [0.29, 0.717) is 18.3 Å². The molecule has 1 saturated heterocycles. The highest BCUT2D eigenvalue weighted by Gasteiger charge is 2.27. The van der Waals surface area contributed by atoms with E-state index in [4.69, 9.17) is 0 Å². The van der Waals surface area contributed by atoms with Crippen molar-refractivity contribution in [3.63, 3.8) is 0 Å². The third kappa shape index (κ3) is 3.71. The number of aliphatic imine (C=N–C) groups is 1. The first-order valence-electron chi connectivity index (χ1n) is 8.95. The van der Waals surface area contributed by atoms with Crippen molar-refractivity contribution in [2.24, 2.45) is 10.9 Å². The Bertz CT molecular complexity index is 605. The summed E-state index contributed by atoms with van der Waals surface area (Å²) < 4.78 is 0. The van der Waals surface area contributed by atoms with E-state index in [1.165, 1.54) is 11.1 Å². The van der Waals surface area contributed by atoms with Gasteiger partial charge in [-0.25, -0.2) is 0 Å². The first kappa shape index (κ1) is 16.8. The molecule has 1 amide bonds. The molecule has 1 aromatic rings. The molecule has 5 heteroatoms. The summed E-state index contributed by atoms with van der Waals surface area (Å²) in [5, 5.41) is 6.27. The van der Waals surface area contributed by atoms with Crippen molar-refractivity contribution in [2.45, 2.75) is 31.6 Å². The second kappa shape index (κ2) is 7.69. The van der Waals surface area contributed by atoms with E-state index < -0.39 is 0 Å². The van der Waals surface area contributed by atoms with Gasteiger partial charge in [0.15, 0.2) is 5.96 Å². The average Bonchev–Trinajstić information content (AvgIpc) is 2.60. The van der Waals surface area contributed by atoms with Gasteiger partial charge in [0.2, 0.25) is 5.91 Å². The molecule has 0 radical (unpaired) electrons. The maximum atomic E-state index is 11.5. The number of piperidine rings is 1. The number of nitrogens with zero attached hydrogens (tertiary/aromatic N) is 2. The zero-order valence-corrected chi connectivity index (χ0v) is 14.7. The molecule has 1 aliphatic heterocycles. The number of guanidine groups is 1. The molecule has 0 aromatic heterocycles. The molecular weight excluding hydrogens is 300 g/mol. The average molecular weight is 328 g/mol. The zero-order valence-electron chi connectivity index (χ0n) is 14.7. The summed E-state index contributed by atoms with van der Waals surface area (Å²) in [7, 11) is 3.56. The van der Waals surface area contributed by atoms with Gasteiger partial charge >= 0.3 is 0 Å². The minimum Gasteiger partial charge on any atom is -0.359 e. The molecule has 2 aliphatic rings. The van der Waals surface area contributed by atoms with Gasteiger partial charge in [-0.3, -0.25) is 9.79 Å². The number of benzene rings is 1. The molecule has 24 heavy (non-hydrogen) atoms. The molecule has 1 heterocycles. The minimum atomic E-state index is 0.152. The van der Waals surface area contributed by atoms with Gasteiger partial charge in [0.1, 0.15) is 0 Å². The fourth-order valence-electron chi connectivity index (χ4n) is 3.80. The summed E-state index contributed by atoms with van der Waals surface area (Å²) in [5.41, 5.74) is 2.96. The molecule has 1 atom stereocenters. The van der Waals surface area contributed by atoms with Crippen LogP contribution in [-0.4, -0.2) is 50.5 Å². The van der Waals surface area contributed by atoms with Crippen LogP contribution in [0.15, 0.2) is 29.3 Å². The monoisotopic (exact) mass is 328 g/mol. The van der Waals surface area contributed by atoms with Crippen LogP contribution in [0.3, 0.4) is 0 Å². The van der Waals surface area contributed by atoms with Crippen LogP contribution in [0.2, 0.25) is 0 Å². The Balaban J connectivity index is 1.45. The van der Waals surface area contributed by atoms with Gasteiger partial charge in [-0.05, 0) is 36.3 Å². The van der Waals surface area contributed by atoms with Crippen molar-refractivity contribution in [3.8, 4) is 0 Å². The Morgan fingerprint density at radius 1 is 1.29 bits per heavy atom. The van der Waals surface area contributed by atoms with E-state index in [-0.39, 0.29) is 5.91 Å². The molecule has 2 N–H and O–H groups in total. The lowest BCUT2D eigenvalue weighted by Gasteiger charge is -2.36. The topological polar surface area (TPSA) is 56.7 Å². The highest BCUT2D eigenvalue weighted by atomic mass is 16.1. The van der Waals surface area contributed by atoms with E-state index in [9.17, 15) is 4.79 Å². The van der Waals surface area contributed by atoms with Gasteiger partial charge in [0.05, 0.1) is 0 Å². The van der Waals surface area contributed by atoms with Crippen LogP contribution in [0, 0.1) is 5.92 Å². The van der Waals surface area contributed by atoms with Crippen molar-refractivity contribution in [1.29, 1.82) is 0 Å². The van der Waals surface area contributed by atoms with Crippen molar-refractivity contribution in [3.05, 3.63) is 35.4 Å². The van der Waals surface area contributed by atoms with Crippen LogP contribution in [0.1, 0.15) is 36.3 Å². The normalized spacial score (nSPS) is 21.0. The van der Waals surface area contributed by atoms with Crippen LogP contribution < -0.4 is 10.6 Å². The number of amides is 1.